The van der Waals surface area contributed by atoms with E-state index in [9.17, 15) is 0 Å². The molecule has 2 aromatic heterocycles. The second-order valence-corrected chi connectivity index (χ2v) is 8.55. The molecule has 1 aliphatic heterocycles. The van der Waals surface area contributed by atoms with Gasteiger partial charge < -0.3 is 4.57 Å². The van der Waals surface area contributed by atoms with Crippen molar-refractivity contribution in [1.82, 2.24) is 24.6 Å². The molecule has 0 amide bonds. The first kappa shape index (κ1) is 19.4. The van der Waals surface area contributed by atoms with E-state index in [-0.39, 0.29) is 6.04 Å². The molecule has 0 saturated heterocycles. The highest BCUT2D eigenvalue weighted by Gasteiger charge is 2.29. The highest BCUT2D eigenvalue weighted by Crippen LogP contribution is 2.34. The van der Waals surface area contributed by atoms with Crippen LogP contribution in [0, 0.1) is 0 Å². The predicted molar refractivity (Wildman–Crippen MR) is 121 cm³/mol. The van der Waals surface area contributed by atoms with E-state index < -0.39 is 0 Å². The first-order valence-electron chi connectivity index (χ1n) is 9.78. The molecule has 3 heterocycles. The Balaban J connectivity index is 1.50. The van der Waals surface area contributed by atoms with E-state index in [2.05, 4.69) is 101 Å². The summed E-state index contributed by atoms with van der Waals surface area (Å²) in [6.07, 6.45) is 1.69. The number of hydrogen-bond donors (Lipinski definition) is 0. The molecule has 30 heavy (non-hydrogen) atoms. The lowest BCUT2D eigenvalue weighted by molar-refractivity contribution is 0.176. The molecule has 5 rings (SSSR count). The van der Waals surface area contributed by atoms with Crippen molar-refractivity contribution in [3.05, 3.63) is 99.5 Å². The SMILES string of the molecule is Clc1ncc(Br)cc1-c1nnc2n1CCN(C(c1ccccc1)c1ccccc1)C2. The van der Waals surface area contributed by atoms with E-state index in [1.165, 1.54) is 11.1 Å². The van der Waals surface area contributed by atoms with Crippen LogP contribution >= 0.6 is 27.5 Å². The Kier molecular flexibility index (Phi) is 5.37. The van der Waals surface area contributed by atoms with Crippen molar-refractivity contribution < 1.29 is 0 Å². The highest BCUT2D eigenvalue weighted by molar-refractivity contribution is 9.10. The molecule has 150 valence electrons. The molecule has 0 N–H and O–H groups in total. The molecule has 0 spiro atoms. The van der Waals surface area contributed by atoms with E-state index in [4.69, 9.17) is 11.6 Å². The highest BCUT2D eigenvalue weighted by atomic mass is 79.9. The molecule has 0 aliphatic carbocycles. The summed E-state index contributed by atoms with van der Waals surface area (Å²) in [6, 6.07) is 23.4. The van der Waals surface area contributed by atoms with Gasteiger partial charge in [0.2, 0.25) is 0 Å². The van der Waals surface area contributed by atoms with Gasteiger partial charge in [-0.2, -0.15) is 0 Å². The van der Waals surface area contributed by atoms with Gasteiger partial charge in [0, 0.05) is 23.8 Å². The number of nitrogens with zero attached hydrogens (tertiary/aromatic N) is 5. The number of halogens is 2. The molecule has 0 unspecified atom stereocenters. The lowest BCUT2D eigenvalue weighted by Gasteiger charge is -2.35. The Labute approximate surface area is 188 Å². The third kappa shape index (κ3) is 3.67. The zero-order valence-electron chi connectivity index (χ0n) is 16.1. The lowest BCUT2D eigenvalue weighted by Crippen LogP contribution is -2.37. The molecule has 0 bridgehead atoms. The van der Waals surface area contributed by atoms with Crippen molar-refractivity contribution in [2.75, 3.05) is 6.54 Å². The van der Waals surface area contributed by atoms with Crippen LogP contribution in [0.5, 0.6) is 0 Å². The summed E-state index contributed by atoms with van der Waals surface area (Å²) >= 11 is 9.82. The number of benzene rings is 2. The van der Waals surface area contributed by atoms with Crippen LogP contribution in [0.1, 0.15) is 23.0 Å². The maximum atomic E-state index is 6.35. The minimum atomic E-state index is 0.164. The fraction of sp³-hybridized carbons (Fsp3) is 0.174. The van der Waals surface area contributed by atoms with E-state index >= 15 is 0 Å². The number of rotatable bonds is 4. The third-order valence-corrected chi connectivity index (χ3v) is 6.16. The van der Waals surface area contributed by atoms with Gasteiger partial charge in [0.05, 0.1) is 18.2 Å². The molecule has 4 aromatic rings. The van der Waals surface area contributed by atoms with Gasteiger partial charge in [0.15, 0.2) is 5.82 Å². The van der Waals surface area contributed by atoms with Gasteiger partial charge in [-0.1, -0.05) is 72.3 Å². The predicted octanol–water partition coefficient (Wildman–Crippen LogP) is 5.36. The number of pyridine rings is 1. The van der Waals surface area contributed by atoms with Crippen LogP contribution in [0.3, 0.4) is 0 Å². The maximum absolute atomic E-state index is 6.35. The number of hydrogen-bond acceptors (Lipinski definition) is 4. The summed E-state index contributed by atoms with van der Waals surface area (Å²) in [5.41, 5.74) is 3.34. The monoisotopic (exact) mass is 479 g/mol. The average Bonchev–Trinajstić information content (AvgIpc) is 3.20. The van der Waals surface area contributed by atoms with Gasteiger partial charge in [-0.3, -0.25) is 4.90 Å². The molecular formula is C23H19BrClN5. The topological polar surface area (TPSA) is 46.8 Å². The molecule has 0 fully saturated rings. The molecule has 5 nitrogen and oxygen atoms in total. The average molecular weight is 481 g/mol. The molecule has 0 atom stereocenters. The van der Waals surface area contributed by atoms with Crippen molar-refractivity contribution in [2.45, 2.75) is 19.1 Å². The van der Waals surface area contributed by atoms with Crippen LogP contribution in [-0.4, -0.2) is 31.2 Å². The minimum Gasteiger partial charge on any atom is -0.309 e. The van der Waals surface area contributed by atoms with Crippen LogP contribution in [0.4, 0.5) is 0 Å². The molecule has 2 aromatic carbocycles. The Morgan fingerprint density at radius 1 is 0.900 bits per heavy atom. The summed E-state index contributed by atoms with van der Waals surface area (Å²) < 4.78 is 3.02. The number of aromatic nitrogens is 4. The Hall–Kier alpha value is -2.54. The summed E-state index contributed by atoms with van der Waals surface area (Å²) in [5.74, 6) is 1.70. The van der Waals surface area contributed by atoms with Gasteiger partial charge in [-0.15, -0.1) is 10.2 Å². The van der Waals surface area contributed by atoms with Crippen molar-refractivity contribution in [1.29, 1.82) is 0 Å². The fourth-order valence-corrected chi connectivity index (χ4v) is 4.58. The van der Waals surface area contributed by atoms with Crippen molar-refractivity contribution >= 4 is 27.5 Å². The molecule has 7 heteroatoms. The van der Waals surface area contributed by atoms with Crippen molar-refractivity contribution in [3.8, 4) is 11.4 Å². The Morgan fingerprint density at radius 3 is 2.23 bits per heavy atom. The maximum Gasteiger partial charge on any atom is 0.167 e. The van der Waals surface area contributed by atoms with Gasteiger partial charge in [0.1, 0.15) is 11.0 Å². The van der Waals surface area contributed by atoms with Crippen LogP contribution in [-0.2, 0) is 13.1 Å². The van der Waals surface area contributed by atoms with Crippen LogP contribution < -0.4 is 0 Å². The van der Waals surface area contributed by atoms with Gasteiger partial charge in [-0.05, 0) is 33.1 Å². The van der Waals surface area contributed by atoms with Gasteiger partial charge >= 0.3 is 0 Å². The van der Waals surface area contributed by atoms with Gasteiger partial charge in [0.25, 0.3) is 0 Å². The van der Waals surface area contributed by atoms with E-state index in [0.29, 0.717) is 11.7 Å². The normalized spacial score (nSPS) is 14.1. The summed E-state index contributed by atoms with van der Waals surface area (Å²) in [5, 5.41) is 9.38. The summed E-state index contributed by atoms with van der Waals surface area (Å²) in [6.45, 7) is 2.38. The molecule has 0 radical (unpaired) electrons. The zero-order chi connectivity index (χ0) is 20.5. The van der Waals surface area contributed by atoms with E-state index in [1.54, 1.807) is 6.20 Å². The minimum absolute atomic E-state index is 0.164. The summed E-state index contributed by atoms with van der Waals surface area (Å²) in [7, 11) is 0. The van der Waals surface area contributed by atoms with Crippen molar-refractivity contribution in [3.63, 3.8) is 0 Å². The van der Waals surface area contributed by atoms with Crippen LogP contribution in [0.2, 0.25) is 5.15 Å². The Bertz CT molecular complexity index is 1120. The smallest absolute Gasteiger partial charge is 0.167 e. The van der Waals surface area contributed by atoms with Gasteiger partial charge in [-0.25, -0.2) is 4.98 Å². The van der Waals surface area contributed by atoms with E-state index in [1.807, 2.05) is 6.07 Å². The second-order valence-electron chi connectivity index (χ2n) is 7.28. The largest absolute Gasteiger partial charge is 0.309 e. The summed E-state index contributed by atoms with van der Waals surface area (Å²) in [4.78, 5) is 6.69. The zero-order valence-corrected chi connectivity index (χ0v) is 18.5. The Morgan fingerprint density at radius 2 is 1.57 bits per heavy atom. The molecular weight excluding hydrogens is 462 g/mol. The third-order valence-electron chi connectivity index (χ3n) is 5.43. The number of fused-ring (bicyclic) bond motifs is 1. The lowest BCUT2D eigenvalue weighted by atomic mass is 9.96. The van der Waals surface area contributed by atoms with Crippen LogP contribution in [0.15, 0.2) is 77.4 Å². The first-order valence-corrected chi connectivity index (χ1v) is 11.0. The fourth-order valence-electron chi connectivity index (χ4n) is 4.06. The van der Waals surface area contributed by atoms with Crippen LogP contribution in [0.25, 0.3) is 11.4 Å². The van der Waals surface area contributed by atoms with Crippen molar-refractivity contribution in [2.24, 2.45) is 0 Å². The van der Waals surface area contributed by atoms with E-state index in [0.717, 1.165) is 34.8 Å². The quantitative estimate of drug-likeness (QED) is 0.369. The molecule has 1 aliphatic rings. The first-order chi connectivity index (χ1) is 14.7. The second kappa shape index (κ2) is 8.30. The molecule has 0 saturated carbocycles. The standard InChI is InChI=1S/C23H19BrClN5/c24-18-13-19(22(25)26-14-18)23-28-27-20-15-29(11-12-30(20)23)21(16-7-3-1-4-8-16)17-9-5-2-6-10-17/h1-10,13-14,21H,11-12,15H2.